The van der Waals surface area contributed by atoms with Crippen molar-refractivity contribution in [1.29, 1.82) is 0 Å². The maximum absolute atomic E-state index is 13.9. The van der Waals surface area contributed by atoms with Crippen molar-refractivity contribution >= 4 is 0 Å². The Bertz CT molecular complexity index is 924. The Kier molecular flexibility index (Phi) is 5.39. The van der Waals surface area contributed by atoms with Crippen LogP contribution in [0.2, 0.25) is 0 Å². The number of rotatable bonds is 5. The Morgan fingerprint density at radius 1 is 1.13 bits per heavy atom. The number of ether oxygens (including phenoxy) is 1. The fourth-order valence-corrected chi connectivity index (χ4v) is 5.53. The average Bonchev–Trinajstić information content (AvgIpc) is 2.67. The van der Waals surface area contributed by atoms with Gasteiger partial charge in [0.1, 0.15) is 17.4 Å². The molecule has 0 saturated carbocycles. The van der Waals surface area contributed by atoms with Gasteiger partial charge >= 0.3 is 0 Å². The molecule has 0 aromatic heterocycles. The molecule has 3 nitrogen and oxygen atoms in total. The minimum absolute atomic E-state index is 0.0130. The topological polar surface area (TPSA) is 32.7 Å². The van der Waals surface area contributed by atoms with Gasteiger partial charge in [-0.05, 0) is 61.1 Å². The number of aromatic hydroxyl groups is 1. The monoisotopic (exact) mass is 415 g/mol. The van der Waals surface area contributed by atoms with Gasteiger partial charge in [-0.25, -0.2) is 8.78 Å². The van der Waals surface area contributed by atoms with Crippen LogP contribution in [0.1, 0.15) is 50.8 Å². The van der Waals surface area contributed by atoms with E-state index in [-0.39, 0.29) is 35.1 Å². The Balaban J connectivity index is 1.51. The number of fused-ring (bicyclic) bond motifs is 4. The first-order valence-corrected chi connectivity index (χ1v) is 10.7. The summed E-state index contributed by atoms with van der Waals surface area (Å²) in [7, 11) is 0. The Labute approximate surface area is 177 Å². The van der Waals surface area contributed by atoms with E-state index in [0.29, 0.717) is 12.3 Å². The van der Waals surface area contributed by atoms with E-state index >= 15 is 0 Å². The number of phenols is 1. The zero-order valence-corrected chi connectivity index (χ0v) is 18.2. The molecular formula is C25H31F2NO2. The summed E-state index contributed by atoms with van der Waals surface area (Å²) < 4.78 is 33.6. The fraction of sp³-hybridized carbons (Fsp3) is 0.520. The summed E-state index contributed by atoms with van der Waals surface area (Å²) in [6.07, 6.45) is 1.61. The lowest BCUT2D eigenvalue weighted by Crippen LogP contribution is -2.64. The smallest absolute Gasteiger partial charge is 0.131 e. The number of phenolic OH excluding ortho intramolecular Hbond substituents is 1. The van der Waals surface area contributed by atoms with Crippen molar-refractivity contribution in [3.8, 4) is 5.75 Å². The predicted octanol–water partition coefficient (Wildman–Crippen LogP) is 5.19. The first kappa shape index (κ1) is 21.3. The zero-order valence-electron chi connectivity index (χ0n) is 18.2. The van der Waals surface area contributed by atoms with Crippen molar-refractivity contribution in [2.45, 2.75) is 64.7 Å². The zero-order chi connectivity index (χ0) is 21.7. The van der Waals surface area contributed by atoms with E-state index in [1.54, 1.807) is 6.07 Å². The van der Waals surface area contributed by atoms with Gasteiger partial charge in [-0.15, -0.1) is 0 Å². The van der Waals surface area contributed by atoms with Gasteiger partial charge in [0.05, 0.1) is 12.7 Å². The molecule has 5 heteroatoms. The molecule has 4 rings (SSSR count). The summed E-state index contributed by atoms with van der Waals surface area (Å²) in [6.45, 7) is 10.4. The van der Waals surface area contributed by atoms with Crippen molar-refractivity contribution in [2.24, 2.45) is 5.41 Å². The van der Waals surface area contributed by atoms with Crippen LogP contribution in [0.5, 0.6) is 5.75 Å². The number of hydrogen-bond donors (Lipinski definition) is 1. The predicted molar refractivity (Wildman–Crippen MR) is 114 cm³/mol. The first-order valence-electron chi connectivity index (χ1n) is 10.7. The van der Waals surface area contributed by atoms with E-state index < -0.39 is 11.6 Å². The molecule has 1 N–H and O–H groups in total. The Morgan fingerprint density at radius 2 is 1.80 bits per heavy atom. The largest absolute Gasteiger partial charge is 0.508 e. The molecule has 30 heavy (non-hydrogen) atoms. The molecule has 1 aliphatic carbocycles. The van der Waals surface area contributed by atoms with Gasteiger partial charge in [0.2, 0.25) is 0 Å². The highest BCUT2D eigenvalue weighted by Gasteiger charge is 2.56. The van der Waals surface area contributed by atoms with Gasteiger partial charge in [-0.3, -0.25) is 4.90 Å². The van der Waals surface area contributed by atoms with Crippen molar-refractivity contribution in [2.75, 3.05) is 13.1 Å². The van der Waals surface area contributed by atoms with E-state index in [2.05, 4.69) is 31.7 Å². The Morgan fingerprint density at radius 3 is 2.50 bits per heavy atom. The van der Waals surface area contributed by atoms with Crippen LogP contribution in [-0.2, 0) is 23.2 Å². The van der Waals surface area contributed by atoms with E-state index in [4.69, 9.17) is 4.74 Å². The summed E-state index contributed by atoms with van der Waals surface area (Å²) in [5, 5.41) is 10.5. The van der Waals surface area contributed by atoms with E-state index in [1.165, 1.54) is 23.8 Å². The van der Waals surface area contributed by atoms with Gasteiger partial charge in [-0.1, -0.05) is 39.0 Å². The third-order valence-electron chi connectivity index (χ3n) is 7.80. The lowest BCUT2D eigenvalue weighted by Gasteiger charge is -2.61. The summed E-state index contributed by atoms with van der Waals surface area (Å²) in [4.78, 5) is 2.43. The highest BCUT2D eigenvalue weighted by atomic mass is 19.1. The Hall–Kier alpha value is -1.98. The second-order valence-electron chi connectivity index (χ2n) is 9.64. The standard InChI is InChI=1S/C25H31F2NO2/c1-16(30-15-18-20(26)8-6-9-21(18)27)14-28-12-11-25(4)19-7-5-10-22(29)17(19)13-23(28)24(25,2)3/h5-10,16,23,29H,11-15H2,1-4H3/t16-,23+,25-/m0/s1. The van der Waals surface area contributed by atoms with Crippen molar-refractivity contribution in [1.82, 2.24) is 4.90 Å². The summed E-state index contributed by atoms with van der Waals surface area (Å²) >= 11 is 0. The van der Waals surface area contributed by atoms with Crippen LogP contribution in [0.15, 0.2) is 36.4 Å². The normalized spacial score (nSPS) is 26.3. The molecule has 1 aliphatic heterocycles. The fourth-order valence-electron chi connectivity index (χ4n) is 5.53. The number of piperidine rings is 1. The van der Waals surface area contributed by atoms with Crippen LogP contribution in [0.4, 0.5) is 8.78 Å². The summed E-state index contributed by atoms with van der Waals surface area (Å²) in [6, 6.07) is 10.0. The molecule has 2 aromatic carbocycles. The lowest BCUT2D eigenvalue weighted by molar-refractivity contribution is -0.0655. The second-order valence-corrected chi connectivity index (χ2v) is 9.64. The average molecular weight is 416 g/mol. The molecule has 2 aromatic rings. The molecule has 0 spiro atoms. The van der Waals surface area contributed by atoms with Crippen molar-refractivity contribution < 1.29 is 18.6 Å². The maximum Gasteiger partial charge on any atom is 0.131 e. The molecule has 1 fully saturated rings. The quantitative estimate of drug-likeness (QED) is 0.730. The molecule has 0 radical (unpaired) electrons. The van der Waals surface area contributed by atoms with E-state index in [1.807, 2.05) is 13.0 Å². The minimum atomic E-state index is -0.573. The highest BCUT2D eigenvalue weighted by Crippen LogP contribution is 2.57. The molecule has 3 atom stereocenters. The summed E-state index contributed by atoms with van der Waals surface area (Å²) in [5.41, 5.74) is 2.30. The third kappa shape index (κ3) is 3.32. The maximum atomic E-state index is 13.9. The van der Waals surface area contributed by atoms with Crippen LogP contribution in [-0.4, -0.2) is 35.2 Å². The molecule has 2 aliphatic rings. The number of halogens is 2. The number of nitrogens with zero attached hydrogens (tertiary/aromatic N) is 1. The third-order valence-corrected chi connectivity index (χ3v) is 7.80. The van der Waals surface area contributed by atoms with Gasteiger partial charge in [0.25, 0.3) is 0 Å². The molecule has 0 amide bonds. The molecule has 162 valence electrons. The van der Waals surface area contributed by atoms with Crippen LogP contribution in [0, 0.1) is 17.0 Å². The lowest BCUT2D eigenvalue weighted by atomic mass is 9.51. The van der Waals surface area contributed by atoms with Gasteiger partial charge < -0.3 is 9.84 Å². The van der Waals surface area contributed by atoms with Crippen LogP contribution in [0.3, 0.4) is 0 Å². The first-order chi connectivity index (χ1) is 14.1. The van der Waals surface area contributed by atoms with Crippen LogP contribution < -0.4 is 0 Å². The molecule has 0 unspecified atom stereocenters. The molecule has 1 saturated heterocycles. The molecule has 1 heterocycles. The van der Waals surface area contributed by atoms with Crippen molar-refractivity contribution in [3.63, 3.8) is 0 Å². The van der Waals surface area contributed by atoms with Gasteiger partial charge in [0.15, 0.2) is 0 Å². The number of benzene rings is 2. The number of hydrogen-bond acceptors (Lipinski definition) is 3. The van der Waals surface area contributed by atoms with Crippen LogP contribution in [0.25, 0.3) is 0 Å². The van der Waals surface area contributed by atoms with Crippen molar-refractivity contribution in [3.05, 3.63) is 64.7 Å². The summed E-state index contributed by atoms with van der Waals surface area (Å²) in [5.74, 6) is -0.770. The number of likely N-dealkylation sites (tertiary alicyclic amines) is 1. The molecule has 2 bridgehead atoms. The minimum Gasteiger partial charge on any atom is -0.508 e. The molecular weight excluding hydrogens is 384 g/mol. The van der Waals surface area contributed by atoms with Crippen LogP contribution >= 0.6 is 0 Å². The van der Waals surface area contributed by atoms with E-state index in [0.717, 1.165) is 24.9 Å². The van der Waals surface area contributed by atoms with E-state index in [9.17, 15) is 13.9 Å². The highest BCUT2D eigenvalue weighted by molar-refractivity contribution is 5.48. The second kappa shape index (κ2) is 7.61. The van der Waals surface area contributed by atoms with Gasteiger partial charge in [0, 0.05) is 23.6 Å². The SMILES string of the molecule is C[C@@H](CN1CC[C@@]2(C)c3cccc(O)c3C[C@@H]1C2(C)C)OCc1c(F)cccc1F. The van der Waals surface area contributed by atoms with Gasteiger partial charge in [-0.2, -0.15) is 0 Å².